The second-order valence-electron chi connectivity index (χ2n) is 12.9. The Morgan fingerprint density at radius 1 is 1.04 bits per heavy atom. The highest BCUT2D eigenvalue weighted by atomic mass is 35.5. The van der Waals surface area contributed by atoms with Gasteiger partial charge in [-0.3, -0.25) is 39.1 Å². The molecule has 3 aliphatic heterocycles. The van der Waals surface area contributed by atoms with Gasteiger partial charge in [-0.25, -0.2) is 15.0 Å². The molecule has 1 atom stereocenters. The Labute approximate surface area is 318 Å². The zero-order valence-corrected chi connectivity index (χ0v) is 31.4. The summed E-state index contributed by atoms with van der Waals surface area (Å²) >= 11 is 9.03. The van der Waals surface area contributed by atoms with E-state index in [1.54, 1.807) is 18.2 Å². The Morgan fingerprint density at radius 2 is 1.83 bits per heavy atom. The van der Waals surface area contributed by atoms with Gasteiger partial charge in [-0.05, 0) is 62.7 Å². The number of carbonyl (C=O) groups excluding carboxylic acids is 5. The number of anilines is 4. The van der Waals surface area contributed by atoms with Crippen molar-refractivity contribution in [3.05, 3.63) is 81.1 Å². The molecule has 7 rings (SSSR count). The molecule has 0 saturated carbocycles. The van der Waals surface area contributed by atoms with E-state index < -0.39 is 29.7 Å². The maximum Gasteiger partial charge on any atom is 0.267 e. The van der Waals surface area contributed by atoms with Gasteiger partial charge in [-0.1, -0.05) is 41.1 Å². The number of carbonyl (C=O) groups is 5. The number of benzene rings is 2. The lowest BCUT2D eigenvalue weighted by atomic mass is 10.0. The van der Waals surface area contributed by atoms with Gasteiger partial charge in [0.25, 0.3) is 17.7 Å². The molecule has 5 heterocycles. The van der Waals surface area contributed by atoms with Gasteiger partial charge in [0.05, 0.1) is 28.0 Å². The van der Waals surface area contributed by atoms with Gasteiger partial charge in [0.1, 0.15) is 28.4 Å². The average molecular weight is 774 g/mol. The molecule has 2 aromatic carbocycles. The third-order valence-corrected chi connectivity index (χ3v) is 11.6. The molecule has 274 valence electrons. The average Bonchev–Trinajstić information content (AvgIpc) is 3.70. The number of thioether (sulfide) groups is 1. The number of rotatable bonds is 11. The molecule has 2 saturated heterocycles. The number of fused-ring (bicyclic) bond motifs is 1. The van der Waals surface area contributed by atoms with Crippen LogP contribution >= 0.6 is 34.7 Å². The number of thiazole rings is 1. The Hall–Kier alpha value is -4.90. The number of piperidine rings is 1. The highest BCUT2D eigenvalue weighted by Crippen LogP contribution is 2.35. The summed E-state index contributed by atoms with van der Waals surface area (Å²) in [5, 5.41) is 9.34. The topological polar surface area (TPSA) is 170 Å². The van der Waals surface area contributed by atoms with Crippen LogP contribution in [0, 0.1) is 13.8 Å². The molecule has 3 N–H and O–H groups in total. The highest BCUT2D eigenvalue weighted by Gasteiger charge is 2.45. The Balaban J connectivity index is 0.893. The summed E-state index contributed by atoms with van der Waals surface area (Å²) in [6.07, 6.45) is 2.60. The third-order valence-electron chi connectivity index (χ3n) is 9.25. The van der Waals surface area contributed by atoms with E-state index in [4.69, 9.17) is 11.6 Å². The smallest absolute Gasteiger partial charge is 0.267 e. The predicted octanol–water partition coefficient (Wildman–Crippen LogP) is 4.90. The Kier molecular flexibility index (Phi) is 10.7. The van der Waals surface area contributed by atoms with Crippen LogP contribution in [0.3, 0.4) is 0 Å². The number of para-hydroxylation sites is 1. The van der Waals surface area contributed by atoms with Crippen molar-refractivity contribution in [2.24, 2.45) is 0 Å². The maximum absolute atomic E-state index is 13.4. The van der Waals surface area contributed by atoms with Gasteiger partial charge in [0, 0.05) is 43.6 Å². The SMILES string of the molecule is Cc1nc(Nc2ncc(C(=O)Nc3c(C)cccc3Cl)s2)cc(N2CCN(CCCSc3cccc4c3C(=O)N(C3CCC(=O)NC3=O)C4=O)CC2)n1. The number of nitrogens with one attached hydrogen (secondary N) is 3. The maximum atomic E-state index is 13.4. The van der Waals surface area contributed by atoms with Crippen molar-refractivity contribution in [2.75, 3.05) is 54.0 Å². The number of amides is 5. The van der Waals surface area contributed by atoms with Gasteiger partial charge in [0.2, 0.25) is 11.8 Å². The number of hydrogen-bond donors (Lipinski definition) is 3. The molecule has 3 aliphatic rings. The third kappa shape index (κ3) is 7.90. The van der Waals surface area contributed by atoms with E-state index in [9.17, 15) is 24.0 Å². The van der Waals surface area contributed by atoms with E-state index in [1.165, 1.54) is 29.3 Å². The Morgan fingerprint density at radius 3 is 2.60 bits per heavy atom. The summed E-state index contributed by atoms with van der Waals surface area (Å²) in [5.74, 6) is 0.460. The molecule has 14 nitrogen and oxygen atoms in total. The first kappa shape index (κ1) is 36.5. The summed E-state index contributed by atoms with van der Waals surface area (Å²) < 4.78 is 0. The van der Waals surface area contributed by atoms with Crippen molar-refractivity contribution in [1.82, 2.24) is 30.1 Å². The fourth-order valence-electron chi connectivity index (χ4n) is 6.56. The summed E-state index contributed by atoms with van der Waals surface area (Å²) in [6, 6.07) is 11.6. The van der Waals surface area contributed by atoms with Crippen molar-refractivity contribution in [3.63, 3.8) is 0 Å². The molecular formula is C36H36ClN9O5S2. The fourth-order valence-corrected chi connectivity index (χ4v) is 8.56. The zero-order chi connectivity index (χ0) is 37.2. The van der Waals surface area contributed by atoms with Gasteiger partial charge < -0.3 is 15.5 Å². The highest BCUT2D eigenvalue weighted by molar-refractivity contribution is 7.99. The van der Waals surface area contributed by atoms with Crippen LogP contribution in [0.15, 0.2) is 53.6 Å². The number of hydrogen-bond acceptors (Lipinski definition) is 13. The number of aromatic nitrogens is 3. The summed E-state index contributed by atoms with van der Waals surface area (Å²) in [6.45, 7) is 7.86. The zero-order valence-electron chi connectivity index (χ0n) is 29.0. The van der Waals surface area contributed by atoms with Crippen LogP contribution in [0.4, 0.5) is 22.5 Å². The van der Waals surface area contributed by atoms with Gasteiger partial charge in [-0.2, -0.15) is 0 Å². The van der Waals surface area contributed by atoms with Crippen LogP contribution < -0.4 is 20.9 Å². The minimum absolute atomic E-state index is 0.0832. The van der Waals surface area contributed by atoms with Crippen molar-refractivity contribution in [1.29, 1.82) is 0 Å². The van der Waals surface area contributed by atoms with Crippen molar-refractivity contribution >= 4 is 86.7 Å². The summed E-state index contributed by atoms with van der Waals surface area (Å²) in [5.41, 5.74) is 2.07. The molecule has 17 heteroatoms. The van der Waals surface area contributed by atoms with E-state index in [2.05, 4.69) is 40.7 Å². The van der Waals surface area contributed by atoms with E-state index in [1.807, 2.05) is 38.1 Å². The lowest BCUT2D eigenvalue weighted by molar-refractivity contribution is -0.136. The molecule has 53 heavy (non-hydrogen) atoms. The standard InChI is InChI=1S/C36H36ClN9O5S2/c1-20-6-3-8-23(37)31(20)43-33(49)26-19-38-36(53-26)41-27-18-28(40-21(2)39-27)45-15-13-44(14-16-45)12-5-17-52-25-9-4-7-22-30(25)35(51)46(34(22)50)24-10-11-29(47)42-32(24)48/h3-4,6-9,18-19,24H,5,10-17H2,1-2H3,(H,43,49)(H,42,47,48)(H,38,39,40,41). The molecule has 2 aromatic heterocycles. The van der Waals surface area contributed by atoms with Crippen LogP contribution in [0.2, 0.25) is 5.02 Å². The summed E-state index contributed by atoms with van der Waals surface area (Å²) in [4.78, 5) is 83.9. The van der Waals surface area contributed by atoms with Crippen molar-refractivity contribution in [2.45, 2.75) is 44.0 Å². The molecule has 0 spiro atoms. The number of nitrogens with zero attached hydrogens (tertiary/aromatic N) is 6. The minimum Gasteiger partial charge on any atom is -0.354 e. The molecule has 0 aliphatic carbocycles. The second kappa shape index (κ2) is 15.6. The van der Waals surface area contributed by atoms with E-state index in [0.29, 0.717) is 48.4 Å². The first-order valence-electron chi connectivity index (χ1n) is 17.2. The molecule has 0 radical (unpaired) electrons. The lowest BCUT2D eigenvalue weighted by Gasteiger charge is -2.35. The van der Waals surface area contributed by atoms with Gasteiger partial charge in [-0.15, -0.1) is 11.8 Å². The van der Waals surface area contributed by atoms with Crippen LogP contribution in [0.25, 0.3) is 0 Å². The summed E-state index contributed by atoms with van der Waals surface area (Å²) in [7, 11) is 0. The molecule has 0 bridgehead atoms. The van der Waals surface area contributed by atoms with Crippen LogP contribution in [0.5, 0.6) is 0 Å². The molecule has 4 aromatic rings. The molecule has 2 fully saturated rings. The largest absolute Gasteiger partial charge is 0.354 e. The lowest BCUT2D eigenvalue weighted by Crippen LogP contribution is -2.54. The number of piperazine rings is 1. The molecule has 1 unspecified atom stereocenters. The normalized spacial score (nSPS) is 17.6. The van der Waals surface area contributed by atoms with Crippen molar-refractivity contribution in [3.8, 4) is 0 Å². The number of halogens is 1. The van der Waals surface area contributed by atoms with Gasteiger partial charge >= 0.3 is 0 Å². The van der Waals surface area contributed by atoms with E-state index in [0.717, 1.165) is 61.2 Å². The number of aryl methyl sites for hydroxylation is 2. The fraction of sp³-hybridized carbons (Fsp3) is 0.333. The number of imide groups is 2. The second-order valence-corrected chi connectivity index (χ2v) is 15.4. The monoisotopic (exact) mass is 773 g/mol. The Bertz CT molecular complexity index is 2100. The van der Waals surface area contributed by atoms with Crippen LogP contribution in [0.1, 0.15) is 61.0 Å². The van der Waals surface area contributed by atoms with Crippen LogP contribution in [-0.4, -0.2) is 98.8 Å². The predicted molar refractivity (Wildman–Crippen MR) is 203 cm³/mol. The van der Waals surface area contributed by atoms with Gasteiger partial charge in [0.15, 0.2) is 5.13 Å². The van der Waals surface area contributed by atoms with Crippen LogP contribution in [-0.2, 0) is 9.59 Å². The quantitative estimate of drug-likeness (QED) is 0.107. The van der Waals surface area contributed by atoms with Crippen molar-refractivity contribution < 1.29 is 24.0 Å². The first-order valence-corrected chi connectivity index (χ1v) is 19.3. The minimum atomic E-state index is -0.984. The van der Waals surface area contributed by atoms with E-state index in [-0.39, 0.29) is 18.7 Å². The first-order chi connectivity index (χ1) is 25.5. The molecule has 5 amide bonds. The molecular weight excluding hydrogens is 738 g/mol. The van der Waals surface area contributed by atoms with E-state index >= 15 is 0 Å².